The van der Waals surface area contributed by atoms with Crippen LogP contribution in [-0.4, -0.2) is 39.0 Å². The molecule has 4 nitrogen and oxygen atoms in total. The van der Waals surface area contributed by atoms with Crippen LogP contribution in [0.25, 0.3) is 0 Å². The predicted octanol–water partition coefficient (Wildman–Crippen LogP) is 2.23. The van der Waals surface area contributed by atoms with Gasteiger partial charge < -0.3 is 19.5 Å². The molecule has 1 aliphatic rings. The van der Waals surface area contributed by atoms with Crippen LogP contribution >= 0.6 is 0 Å². The van der Waals surface area contributed by atoms with Crippen molar-refractivity contribution in [3.8, 4) is 11.5 Å². The number of hydrogen-bond acceptors (Lipinski definition) is 4. The van der Waals surface area contributed by atoms with Gasteiger partial charge in [-0.1, -0.05) is 13.0 Å². The van der Waals surface area contributed by atoms with Gasteiger partial charge >= 0.3 is 0 Å². The Hall–Kier alpha value is -1.26. The second-order valence-corrected chi connectivity index (χ2v) is 4.76. The first-order valence-corrected chi connectivity index (χ1v) is 6.95. The maximum atomic E-state index is 5.92. The summed E-state index contributed by atoms with van der Waals surface area (Å²) in [6, 6.07) is 7.67. The third kappa shape index (κ3) is 4.40. The van der Waals surface area contributed by atoms with Crippen molar-refractivity contribution < 1.29 is 14.2 Å². The first-order valence-electron chi connectivity index (χ1n) is 6.95. The number of benzene rings is 1. The summed E-state index contributed by atoms with van der Waals surface area (Å²) in [6.45, 7) is 4.64. The third-order valence-corrected chi connectivity index (χ3v) is 3.29. The van der Waals surface area contributed by atoms with Crippen molar-refractivity contribution in [3.63, 3.8) is 0 Å². The molecule has 0 spiro atoms. The Labute approximate surface area is 115 Å². The van der Waals surface area contributed by atoms with Gasteiger partial charge in [-0.25, -0.2) is 0 Å². The van der Waals surface area contributed by atoms with Crippen LogP contribution < -0.4 is 14.8 Å². The number of nitrogens with one attached hydrogen (secondary N) is 1. The zero-order valence-corrected chi connectivity index (χ0v) is 11.7. The molecule has 0 saturated carbocycles. The summed E-state index contributed by atoms with van der Waals surface area (Å²) in [7, 11) is 1.66. The van der Waals surface area contributed by atoms with Gasteiger partial charge in [0, 0.05) is 12.6 Å². The molecule has 1 aromatic carbocycles. The summed E-state index contributed by atoms with van der Waals surface area (Å²) in [5.41, 5.74) is 0. The normalized spacial score (nSPS) is 22.4. The zero-order valence-electron chi connectivity index (χ0n) is 11.7. The largest absolute Gasteiger partial charge is 0.497 e. The molecule has 2 rings (SSSR count). The Balaban J connectivity index is 1.74. The van der Waals surface area contributed by atoms with Crippen molar-refractivity contribution in [1.82, 2.24) is 5.32 Å². The van der Waals surface area contributed by atoms with Crippen LogP contribution in [0.15, 0.2) is 24.3 Å². The molecule has 4 heteroatoms. The van der Waals surface area contributed by atoms with Gasteiger partial charge in [-0.3, -0.25) is 0 Å². The van der Waals surface area contributed by atoms with Crippen molar-refractivity contribution in [2.75, 3.05) is 26.8 Å². The van der Waals surface area contributed by atoms with Gasteiger partial charge in [0.2, 0.25) is 0 Å². The number of ether oxygens (including phenoxy) is 3. The van der Waals surface area contributed by atoms with Crippen LogP contribution in [0.2, 0.25) is 0 Å². The van der Waals surface area contributed by atoms with E-state index < -0.39 is 0 Å². The summed E-state index contributed by atoms with van der Waals surface area (Å²) in [5, 5.41) is 3.32. The minimum absolute atomic E-state index is 0.204. The highest BCUT2D eigenvalue weighted by molar-refractivity contribution is 5.32. The molecule has 0 radical (unpaired) electrons. The highest BCUT2D eigenvalue weighted by Crippen LogP contribution is 2.22. The van der Waals surface area contributed by atoms with E-state index in [1.807, 2.05) is 24.3 Å². The molecule has 1 fully saturated rings. The lowest BCUT2D eigenvalue weighted by Crippen LogP contribution is -2.28. The molecule has 1 aliphatic heterocycles. The Morgan fingerprint density at radius 3 is 2.84 bits per heavy atom. The lowest BCUT2D eigenvalue weighted by Gasteiger charge is -2.15. The molecule has 106 valence electrons. The smallest absolute Gasteiger partial charge is 0.123 e. The van der Waals surface area contributed by atoms with Crippen LogP contribution in [0.3, 0.4) is 0 Å². The molecular weight excluding hydrogens is 242 g/mol. The van der Waals surface area contributed by atoms with E-state index in [2.05, 4.69) is 12.2 Å². The van der Waals surface area contributed by atoms with Crippen LogP contribution in [0.4, 0.5) is 0 Å². The summed E-state index contributed by atoms with van der Waals surface area (Å²) in [6.07, 6.45) is 2.72. The van der Waals surface area contributed by atoms with E-state index in [-0.39, 0.29) is 6.10 Å². The average molecular weight is 265 g/mol. The maximum Gasteiger partial charge on any atom is 0.123 e. The molecule has 0 aliphatic carbocycles. The monoisotopic (exact) mass is 265 g/mol. The second-order valence-electron chi connectivity index (χ2n) is 4.76. The standard InChI is InChI=1S/C15H23NO3/c1-3-16-10-14-7-8-15(19-14)11-18-13-6-4-5-12(9-13)17-2/h4-6,9,14-16H,3,7-8,10-11H2,1-2H3. The van der Waals surface area contributed by atoms with E-state index in [1.165, 1.54) is 0 Å². The Bertz CT molecular complexity index is 383. The van der Waals surface area contributed by atoms with E-state index in [1.54, 1.807) is 7.11 Å². The average Bonchev–Trinajstić information content (AvgIpc) is 2.91. The number of methoxy groups -OCH3 is 1. The van der Waals surface area contributed by atoms with Gasteiger partial charge in [0.1, 0.15) is 18.1 Å². The molecule has 1 heterocycles. The summed E-state index contributed by atoms with van der Waals surface area (Å²) >= 11 is 0. The van der Waals surface area contributed by atoms with Crippen molar-refractivity contribution in [3.05, 3.63) is 24.3 Å². The van der Waals surface area contributed by atoms with Crippen molar-refractivity contribution >= 4 is 0 Å². The first kappa shape index (κ1) is 14.2. The third-order valence-electron chi connectivity index (χ3n) is 3.29. The fourth-order valence-electron chi connectivity index (χ4n) is 2.24. The summed E-state index contributed by atoms with van der Waals surface area (Å²) in [5.74, 6) is 1.65. The lowest BCUT2D eigenvalue weighted by atomic mass is 10.2. The Morgan fingerprint density at radius 1 is 1.26 bits per heavy atom. The van der Waals surface area contributed by atoms with E-state index in [0.29, 0.717) is 12.7 Å². The van der Waals surface area contributed by atoms with Gasteiger partial charge in [-0.15, -0.1) is 0 Å². The molecule has 1 N–H and O–H groups in total. The fraction of sp³-hybridized carbons (Fsp3) is 0.600. The molecule has 2 unspecified atom stereocenters. The van der Waals surface area contributed by atoms with E-state index in [9.17, 15) is 0 Å². The van der Waals surface area contributed by atoms with E-state index in [0.717, 1.165) is 37.4 Å². The fourth-order valence-corrected chi connectivity index (χ4v) is 2.24. The van der Waals surface area contributed by atoms with E-state index >= 15 is 0 Å². The van der Waals surface area contributed by atoms with Gasteiger partial charge in [0.15, 0.2) is 0 Å². The minimum atomic E-state index is 0.204. The maximum absolute atomic E-state index is 5.92. The molecule has 1 saturated heterocycles. The molecule has 1 aromatic rings. The quantitative estimate of drug-likeness (QED) is 0.820. The number of rotatable bonds is 7. The predicted molar refractivity (Wildman–Crippen MR) is 74.9 cm³/mol. The van der Waals surface area contributed by atoms with Crippen molar-refractivity contribution in [2.24, 2.45) is 0 Å². The van der Waals surface area contributed by atoms with Gasteiger partial charge in [-0.05, 0) is 31.5 Å². The number of likely N-dealkylation sites (N-methyl/N-ethyl adjacent to an activating group) is 1. The highest BCUT2D eigenvalue weighted by atomic mass is 16.5. The molecule has 0 aromatic heterocycles. The zero-order chi connectivity index (χ0) is 13.5. The van der Waals surface area contributed by atoms with Crippen LogP contribution in [0.5, 0.6) is 11.5 Å². The number of hydrogen-bond donors (Lipinski definition) is 1. The van der Waals surface area contributed by atoms with Crippen LogP contribution in [0.1, 0.15) is 19.8 Å². The highest BCUT2D eigenvalue weighted by Gasteiger charge is 2.25. The second kappa shape index (κ2) is 7.36. The molecule has 2 atom stereocenters. The SMILES string of the molecule is CCNCC1CCC(COc2cccc(OC)c2)O1. The molecule has 0 bridgehead atoms. The lowest BCUT2D eigenvalue weighted by molar-refractivity contribution is 0.0187. The van der Waals surface area contributed by atoms with Crippen molar-refractivity contribution in [1.29, 1.82) is 0 Å². The van der Waals surface area contributed by atoms with E-state index in [4.69, 9.17) is 14.2 Å². The van der Waals surface area contributed by atoms with Gasteiger partial charge in [0.25, 0.3) is 0 Å². The Morgan fingerprint density at radius 2 is 2.05 bits per heavy atom. The molecule has 19 heavy (non-hydrogen) atoms. The molecule has 0 amide bonds. The van der Waals surface area contributed by atoms with Gasteiger partial charge in [0.05, 0.1) is 19.3 Å². The summed E-state index contributed by atoms with van der Waals surface area (Å²) in [4.78, 5) is 0. The van der Waals surface area contributed by atoms with Crippen LogP contribution in [-0.2, 0) is 4.74 Å². The molecular formula is C15H23NO3. The van der Waals surface area contributed by atoms with Crippen LogP contribution in [0, 0.1) is 0 Å². The minimum Gasteiger partial charge on any atom is -0.497 e. The first-order chi connectivity index (χ1) is 9.31. The summed E-state index contributed by atoms with van der Waals surface area (Å²) < 4.78 is 16.9. The topological polar surface area (TPSA) is 39.7 Å². The van der Waals surface area contributed by atoms with Gasteiger partial charge in [-0.2, -0.15) is 0 Å². The van der Waals surface area contributed by atoms with Crippen molar-refractivity contribution in [2.45, 2.75) is 32.0 Å². The Kier molecular flexibility index (Phi) is 5.48.